The van der Waals surface area contributed by atoms with E-state index in [9.17, 15) is 4.79 Å². The van der Waals surface area contributed by atoms with Crippen molar-refractivity contribution in [3.63, 3.8) is 0 Å². The number of ether oxygens (including phenoxy) is 1. The summed E-state index contributed by atoms with van der Waals surface area (Å²) < 4.78 is 5.77. The normalized spacial score (nSPS) is 22.3. The molecule has 2 heterocycles. The van der Waals surface area contributed by atoms with Crippen LogP contribution in [0.5, 0.6) is 0 Å². The fourth-order valence-corrected chi connectivity index (χ4v) is 3.82. The minimum atomic E-state index is -0.243. The molecule has 0 aromatic rings. The summed E-state index contributed by atoms with van der Waals surface area (Å²) in [6, 6.07) is 0. The number of nitrogens with zero attached hydrogens (tertiary/aromatic N) is 2. The molecule has 4 nitrogen and oxygen atoms in total. The summed E-state index contributed by atoms with van der Waals surface area (Å²) in [5.41, 5.74) is -0.243. The Morgan fingerprint density at radius 2 is 1.54 bits per heavy atom. The number of hydrogen-bond acceptors (Lipinski definition) is 3. The van der Waals surface area contributed by atoms with E-state index in [1.807, 2.05) is 20.8 Å². The van der Waals surface area contributed by atoms with Gasteiger partial charge >= 0.3 is 0 Å². The molecule has 140 valence electrons. The topological polar surface area (TPSA) is 32.8 Å². The molecular formula is C20H38N2O2. The molecule has 2 rings (SSSR count). The molecule has 24 heavy (non-hydrogen) atoms. The third kappa shape index (κ3) is 6.03. The van der Waals surface area contributed by atoms with Crippen molar-refractivity contribution in [1.29, 1.82) is 0 Å². The maximum atomic E-state index is 12.4. The summed E-state index contributed by atoms with van der Waals surface area (Å²) in [5, 5.41) is 0. The molecule has 0 aliphatic carbocycles. The van der Waals surface area contributed by atoms with E-state index in [1.165, 1.54) is 32.5 Å². The monoisotopic (exact) mass is 338 g/mol. The Labute approximate surface area is 148 Å². The van der Waals surface area contributed by atoms with Crippen LogP contribution in [-0.2, 0) is 9.53 Å². The van der Waals surface area contributed by atoms with Gasteiger partial charge in [0.25, 0.3) is 0 Å². The summed E-state index contributed by atoms with van der Waals surface area (Å²) in [6.07, 6.45) is 5.22. The van der Waals surface area contributed by atoms with Gasteiger partial charge < -0.3 is 14.5 Å². The molecule has 0 bridgehead atoms. The molecule has 0 unspecified atom stereocenters. The van der Waals surface area contributed by atoms with E-state index < -0.39 is 0 Å². The molecule has 2 aliphatic heterocycles. The van der Waals surface area contributed by atoms with Gasteiger partial charge in [-0.1, -0.05) is 20.8 Å². The summed E-state index contributed by atoms with van der Waals surface area (Å²) in [4.78, 5) is 17.1. The molecule has 1 amide bonds. The number of rotatable bonds is 5. The molecule has 0 saturated carbocycles. The lowest BCUT2D eigenvalue weighted by molar-refractivity contribution is -0.141. The van der Waals surface area contributed by atoms with Crippen molar-refractivity contribution in [3.8, 4) is 0 Å². The van der Waals surface area contributed by atoms with E-state index in [1.54, 1.807) is 0 Å². The Bertz CT molecular complexity index is 387. The second-order valence-electron chi connectivity index (χ2n) is 9.11. The van der Waals surface area contributed by atoms with Crippen LogP contribution in [0.3, 0.4) is 0 Å². The zero-order valence-corrected chi connectivity index (χ0v) is 16.5. The number of amides is 1. The van der Waals surface area contributed by atoms with E-state index in [0.29, 0.717) is 12.0 Å². The highest BCUT2D eigenvalue weighted by atomic mass is 16.5. The lowest BCUT2D eigenvalue weighted by Gasteiger charge is -2.39. The summed E-state index contributed by atoms with van der Waals surface area (Å²) >= 11 is 0. The van der Waals surface area contributed by atoms with Crippen LogP contribution >= 0.6 is 0 Å². The van der Waals surface area contributed by atoms with Crippen LogP contribution in [0.4, 0.5) is 0 Å². The second-order valence-corrected chi connectivity index (χ2v) is 9.11. The van der Waals surface area contributed by atoms with Crippen molar-refractivity contribution >= 4 is 5.91 Å². The first kappa shape index (κ1) is 19.7. The summed E-state index contributed by atoms with van der Waals surface area (Å²) in [5.74, 6) is 1.82. The first-order valence-electron chi connectivity index (χ1n) is 9.89. The van der Waals surface area contributed by atoms with Gasteiger partial charge in [-0.25, -0.2) is 0 Å². The van der Waals surface area contributed by atoms with Crippen molar-refractivity contribution in [2.75, 3.05) is 39.3 Å². The molecule has 0 spiro atoms. The van der Waals surface area contributed by atoms with E-state index >= 15 is 0 Å². The highest BCUT2D eigenvalue weighted by Crippen LogP contribution is 2.26. The molecule has 0 aromatic heterocycles. The van der Waals surface area contributed by atoms with Gasteiger partial charge in [0.15, 0.2) is 0 Å². The van der Waals surface area contributed by atoms with Gasteiger partial charge in [-0.15, -0.1) is 0 Å². The standard InChI is InChI=1S/C20H38N2O2/c1-16(2)24-15-18-6-10-21(11-7-18)14-17-8-12-22(13-9-17)19(23)20(3,4)5/h16-18H,6-15H2,1-5H3. The van der Waals surface area contributed by atoms with Crippen LogP contribution < -0.4 is 0 Å². The number of hydrogen-bond donors (Lipinski definition) is 0. The number of piperidine rings is 2. The van der Waals surface area contributed by atoms with E-state index in [2.05, 4.69) is 23.6 Å². The summed E-state index contributed by atoms with van der Waals surface area (Å²) in [6.45, 7) is 16.8. The van der Waals surface area contributed by atoms with Crippen molar-refractivity contribution in [3.05, 3.63) is 0 Å². The molecule has 0 radical (unpaired) electrons. The molecule has 0 N–H and O–H groups in total. The average molecular weight is 339 g/mol. The minimum absolute atomic E-state index is 0.243. The zero-order chi connectivity index (χ0) is 17.7. The smallest absolute Gasteiger partial charge is 0.227 e. The first-order chi connectivity index (χ1) is 11.3. The molecule has 0 aromatic carbocycles. The lowest BCUT2D eigenvalue weighted by atomic mass is 9.90. The predicted octanol–water partition coefficient (Wildman–Crippen LogP) is 3.41. The Hall–Kier alpha value is -0.610. The van der Waals surface area contributed by atoms with Crippen LogP contribution in [0.1, 0.15) is 60.3 Å². The fraction of sp³-hybridized carbons (Fsp3) is 0.950. The van der Waals surface area contributed by atoms with Gasteiger partial charge in [-0.3, -0.25) is 4.79 Å². The molecule has 4 heteroatoms. The van der Waals surface area contributed by atoms with Gasteiger partial charge in [0.1, 0.15) is 0 Å². The lowest BCUT2D eigenvalue weighted by Crippen LogP contribution is -2.46. The van der Waals surface area contributed by atoms with E-state index in [4.69, 9.17) is 4.74 Å². The zero-order valence-electron chi connectivity index (χ0n) is 16.5. The highest BCUT2D eigenvalue weighted by molar-refractivity contribution is 5.81. The van der Waals surface area contributed by atoms with Gasteiger partial charge in [-0.05, 0) is 64.5 Å². The first-order valence-corrected chi connectivity index (χ1v) is 9.89. The van der Waals surface area contributed by atoms with Gasteiger partial charge in [0, 0.05) is 31.7 Å². The molecule has 2 saturated heterocycles. The van der Waals surface area contributed by atoms with Gasteiger partial charge in [-0.2, -0.15) is 0 Å². The molecular weight excluding hydrogens is 300 g/mol. The van der Waals surface area contributed by atoms with Crippen LogP contribution in [-0.4, -0.2) is 61.1 Å². The molecule has 2 aliphatic rings. The van der Waals surface area contributed by atoms with Crippen LogP contribution in [0.25, 0.3) is 0 Å². The van der Waals surface area contributed by atoms with Crippen molar-refractivity contribution in [2.24, 2.45) is 17.3 Å². The highest BCUT2D eigenvalue weighted by Gasteiger charge is 2.31. The largest absolute Gasteiger partial charge is 0.379 e. The van der Waals surface area contributed by atoms with E-state index in [0.717, 1.165) is 44.4 Å². The Morgan fingerprint density at radius 1 is 1.00 bits per heavy atom. The molecule has 0 atom stereocenters. The average Bonchev–Trinajstić information content (AvgIpc) is 2.53. The number of carbonyl (C=O) groups is 1. The van der Waals surface area contributed by atoms with Crippen molar-refractivity contribution in [2.45, 2.75) is 66.4 Å². The van der Waals surface area contributed by atoms with E-state index in [-0.39, 0.29) is 5.41 Å². The predicted molar refractivity (Wildman–Crippen MR) is 99.0 cm³/mol. The minimum Gasteiger partial charge on any atom is -0.379 e. The molecule has 2 fully saturated rings. The van der Waals surface area contributed by atoms with Crippen molar-refractivity contribution < 1.29 is 9.53 Å². The Balaban J connectivity index is 1.65. The quantitative estimate of drug-likeness (QED) is 0.770. The van der Waals surface area contributed by atoms with Crippen LogP contribution in [0.2, 0.25) is 0 Å². The maximum Gasteiger partial charge on any atom is 0.227 e. The summed E-state index contributed by atoms with van der Waals surface area (Å²) in [7, 11) is 0. The third-order valence-corrected chi connectivity index (χ3v) is 5.43. The van der Waals surface area contributed by atoms with Crippen LogP contribution in [0.15, 0.2) is 0 Å². The van der Waals surface area contributed by atoms with Gasteiger partial charge in [0.2, 0.25) is 5.91 Å². The number of likely N-dealkylation sites (tertiary alicyclic amines) is 2. The van der Waals surface area contributed by atoms with Crippen molar-refractivity contribution in [1.82, 2.24) is 9.80 Å². The second kappa shape index (κ2) is 8.66. The maximum absolute atomic E-state index is 12.4. The Kier molecular flexibility index (Phi) is 7.11. The van der Waals surface area contributed by atoms with Crippen LogP contribution in [0, 0.1) is 17.3 Å². The SMILES string of the molecule is CC(C)OCC1CCN(CC2CCN(C(=O)C(C)(C)C)CC2)CC1. The number of carbonyl (C=O) groups excluding carboxylic acids is 1. The Morgan fingerprint density at radius 3 is 2.04 bits per heavy atom. The van der Waals surface area contributed by atoms with Gasteiger partial charge in [0.05, 0.1) is 6.10 Å². The fourth-order valence-electron chi connectivity index (χ4n) is 3.82. The third-order valence-electron chi connectivity index (χ3n) is 5.43.